The standard InChI is InChI=1S/C15H21BrO2/c1-4-17-14-6-5-10(2)7-13(14)15(16)12-8-11(3)18-9-12/h5-7,11-12,15H,4,8-9H2,1-3H3. The molecule has 1 aromatic carbocycles. The number of aryl methyl sites for hydroxylation is 1. The summed E-state index contributed by atoms with van der Waals surface area (Å²) in [5.74, 6) is 1.52. The van der Waals surface area contributed by atoms with Crippen LogP contribution in [-0.2, 0) is 4.74 Å². The fourth-order valence-corrected chi connectivity index (χ4v) is 3.20. The van der Waals surface area contributed by atoms with Crippen molar-refractivity contribution in [3.63, 3.8) is 0 Å². The minimum Gasteiger partial charge on any atom is -0.494 e. The van der Waals surface area contributed by atoms with E-state index in [1.54, 1.807) is 0 Å². The van der Waals surface area contributed by atoms with E-state index < -0.39 is 0 Å². The molecule has 0 N–H and O–H groups in total. The fourth-order valence-electron chi connectivity index (χ4n) is 2.48. The van der Waals surface area contributed by atoms with Gasteiger partial charge in [-0.25, -0.2) is 0 Å². The second kappa shape index (κ2) is 6.07. The van der Waals surface area contributed by atoms with Gasteiger partial charge in [-0.2, -0.15) is 0 Å². The Kier molecular flexibility index (Phi) is 4.68. The molecule has 3 unspecified atom stereocenters. The lowest BCUT2D eigenvalue weighted by atomic mass is 9.95. The second-order valence-electron chi connectivity index (χ2n) is 5.02. The molecule has 0 bridgehead atoms. The third-order valence-corrected chi connectivity index (χ3v) is 4.65. The molecule has 0 radical (unpaired) electrons. The van der Waals surface area contributed by atoms with E-state index in [1.165, 1.54) is 11.1 Å². The van der Waals surface area contributed by atoms with Gasteiger partial charge in [0.2, 0.25) is 0 Å². The maximum atomic E-state index is 5.73. The first kappa shape index (κ1) is 13.9. The van der Waals surface area contributed by atoms with Crippen LogP contribution in [0.5, 0.6) is 5.75 Å². The van der Waals surface area contributed by atoms with Crippen molar-refractivity contribution in [1.82, 2.24) is 0 Å². The number of hydrogen-bond acceptors (Lipinski definition) is 2. The lowest BCUT2D eigenvalue weighted by Crippen LogP contribution is -2.09. The minimum atomic E-state index is 0.309. The summed E-state index contributed by atoms with van der Waals surface area (Å²) in [4.78, 5) is 0.309. The van der Waals surface area contributed by atoms with Gasteiger partial charge >= 0.3 is 0 Å². The van der Waals surface area contributed by atoms with Crippen molar-refractivity contribution in [2.45, 2.75) is 38.1 Å². The third kappa shape index (κ3) is 3.07. The lowest BCUT2D eigenvalue weighted by Gasteiger charge is -2.20. The lowest BCUT2D eigenvalue weighted by molar-refractivity contribution is 0.120. The Hall–Kier alpha value is -0.540. The van der Waals surface area contributed by atoms with E-state index in [0.717, 1.165) is 18.8 Å². The zero-order chi connectivity index (χ0) is 13.1. The molecule has 1 heterocycles. The van der Waals surface area contributed by atoms with Crippen LogP contribution in [0, 0.1) is 12.8 Å². The molecule has 1 fully saturated rings. The zero-order valence-electron chi connectivity index (χ0n) is 11.3. The Balaban J connectivity index is 2.22. The first-order chi connectivity index (χ1) is 8.61. The highest BCUT2D eigenvalue weighted by atomic mass is 79.9. The molecule has 18 heavy (non-hydrogen) atoms. The predicted molar refractivity (Wildman–Crippen MR) is 77.5 cm³/mol. The summed E-state index contributed by atoms with van der Waals surface area (Å²) in [6.45, 7) is 7.81. The van der Waals surface area contributed by atoms with E-state index in [1.807, 2.05) is 6.92 Å². The van der Waals surface area contributed by atoms with Gasteiger partial charge in [0.15, 0.2) is 0 Å². The Morgan fingerprint density at radius 1 is 1.50 bits per heavy atom. The van der Waals surface area contributed by atoms with Crippen molar-refractivity contribution in [1.29, 1.82) is 0 Å². The maximum absolute atomic E-state index is 5.73. The van der Waals surface area contributed by atoms with Crippen molar-refractivity contribution in [2.24, 2.45) is 5.92 Å². The first-order valence-electron chi connectivity index (χ1n) is 6.60. The minimum absolute atomic E-state index is 0.309. The van der Waals surface area contributed by atoms with Gasteiger partial charge in [-0.15, -0.1) is 0 Å². The summed E-state index contributed by atoms with van der Waals surface area (Å²) >= 11 is 3.84. The predicted octanol–water partition coefficient (Wildman–Crippen LogP) is 4.25. The number of alkyl halides is 1. The Labute approximate surface area is 118 Å². The molecular formula is C15H21BrO2. The van der Waals surface area contributed by atoms with E-state index in [2.05, 4.69) is 48.0 Å². The molecule has 1 saturated heterocycles. The molecule has 0 aliphatic carbocycles. The number of hydrogen-bond donors (Lipinski definition) is 0. The first-order valence-corrected chi connectivity index (χ1v) is 7.52. The van der Waals surface area contributed by atoms with E-state index in [0.29, 0.717) is 23.5 Å². The molecule has 1 aliphatic heterocycles. The molecule has 0 saturated carbocycles. The molecule has 2 nitrogen and oxygen atoms in total. The van der Waals surface area contributed by atoms with Crippen LogP contribution >= 0.6 is 15.9 Å². The third-order valence-electron chi connectivity index (χ3n) is 3.41. The largest absolute Gasteiger partial charge is 0.494 e. The van der Waals surface area contributed by atoms with Crippen LogP contribution in [0.2, 0.25) is 0 Å². The van der Waals surface area contributed by atoms with Crippen LogP contribution in [0.25, 0.3) is 0 Å². The number of benzene rings is 1. The van der Waals surface area contributed by atoms with Gasteiger partial charge in [0.25, 0.3) is 0 Å². The van der Waals surface area contributed by atoms with Crippen molar-refractivity contribution in [2.75, 3.05) is 13.2 Å². The van der Waals surface area contributed by atoms with Gasteiger partial charge in [-0.05, 0) is 33.3 Å². The Morgan fingerprint density at radius 2 is 2.28 bits per heavy atom. The topological polar surface area (TPSA) is 18.5 Å². The molecule has 0 amide bonds. The van der Waals surface area contributed by atoms with Crippen LogP contribution < -0.4 is 4.74 Å². The van der Waals surface area contributed by atoms with Crippen LogP contribution in [0.3, 0.4) is 0 Å². The summed E-state index contributed by atoms with van der Waals surface area (Å²) in [7, 11) is 0. The van der Waals surface area contributed by atoms with Crippen LogP contribution in [0.15, 0.2) is 18.2 Å². The van der Waals surface area contributed by atoms with E-state index >= 15 is 0 Å². The molecule has 3 atom stereocenters. The Morgan fingerprint density at radius 3 is 2.89 bits per heavy atom. The number of rotatable bonds is 4. The maximum Gasteiger partial charge on any atom is 0.123 e. The SMILES string of the molecule is CCOc1ccc(C)cc1C(Br)C1COC(C)C1. The molecule has 0 aromatic heterocycles. The van der Waals surface area contributed by atoms with E-state index in [9.17, 15) is 0 Å². The van der Waals surface area contributed by atoms with Crippen LogP contribution in [0.1, 0.15) is 36.2 Å². The second-order valence-corrected chi connectivity index (χ2v) is 6.00. The Bertz CT molecular complexity index is 405. The molecule has 1 aromatic rings. The highest BCUT2D eigenvalue weighted by Gasteiger charge is 2.30. The van der Waals surface area contributed by atoms with E-state index in [-0.39, 0.29) is 0 Å². The molecule has 1 aliphatic rings. The van der Waals surface area contributed by atoms with Crippen molar-refractivity contribution >= 4 is 15.9 Å². The van der Waals surface area contributed by atoms with Gasteiger partial charge in [0, 0.05) is 16.3 Å². The smallest absolute Gasteiger partial charge is 0.123 e. The van der Waals surface area contributed by atoms with Crippen LogP contribution in [0.4, 0.5) is 0 Å². The van der Waals surface area contributed by atoms with Gasteiger partial charge in [0.1, 0.15) is 5.75 Å². The normalized spacial score (nSPS) is 25.1. The zero-order valence-corrected chi connectivity index (χ0v) is 12.9. The summed E-state index contributed by atoms with van der Waals surface area (Å²) < 4.78 is 11.4. The van der Waals surface area contributed by atoms with Gasteiger partial charge in [0.05, 0.1) is 19.3 Å². The number of halogens is 1. The molecule has 2 rings (SSSR count). The number of ether oxygens (including phenoxy) is 2. The van der Waals surface area contributed by atoms with Crippen LogP contribution in [-0.4, -0.2) is 19.3 Å². The summed E-state index contributed by atoms with van der Waals surface area (Å²) in [6, 6.07) is 6.39. The average Bonchev–Trinajstić information content (AvgIpc) is 2.77. The molecule has 0 spiro atoms. The molecule has 100 valence electrons. The quantitative estimate of drug-likeness (QED) is 0.774. The highest BCUT2D eigenvalue weighted by molar-refractivity contribution is 9.09. The monoisotopic (exact) mass is 312 g/mol. The summed E-state index contributed by atoms with van der Waals surface area (Å²) in [5.41, 5.74) is 2.52. The summed E-state index contributed by atoms with van der Waals surface area (Å²) in [6.07, 6.45) is 1.48. The van der Waals surface area contributed by atoms with Crippen molar-refractivity contribution < 1.29 is 9.47 Å². The van der Waals surface area contributed by atoms with E-state index in [4.69, 9.17) is 9.47 Å². The van der Waals surface area contributed by atoms with Crippen molar-refractivity contribution in [3.05, 3.63) is 29.3 Å². The molecule has 3 heteroatoms. The fraction of sp³-hybridized carbons (Fsp3) is 0.600. The average molecular weight is 313 g/mol. The molecular weight excluding hydrogens is 292 g/mol. The van der Waals surface area contributed by atoms with Crippen molar-refractivity contribution in [3.8, 4) is 5.75 Å². The summed E-state index contributed by atoms with van der Waals surface area (Å²) in [5, 5.41) is 0. The van der Waals surface area contributed by atoms with Gasteiger partial charge in [-0.3, -0.25) is 0 Å². The van der Waals surface area contributed by atoms with Gasteiger partial charge in [-0.1, -0.05) is 33.6 Å². The highest BCUT2D eigenvalue weighted by Crippen LogP contribution is 2.41. The van der Waals surface area contributed by atoms with Gasteiger partial charge < -0.3 is 9.47 Å².